The number of hydrogen-bond donors (Lipinski definition) is 1. The molecule has 0 radical (unpaired) electrons. The molecule has 30 heavy (non-hydrogen) atoms. The lowest BCUT2D eigenvalue weighted by Crippen LogP contribution is -2.49. The largest absolute Gasteiger partial charge is 0.383 e. The topological polar surface area (TPSA) is 90.9 Å². The second-order valence-corrected chi connectivity index (χ2v) is 9.22. The number of likely N-dealkylation sites (N-methyl/N-ethyl adjacent to an activating group) is 1. The number of fused-ring (bicyclic) bond motifs is 1. The normalized spacial score (nSPS) is 30.3. The van der Waals surface area contributed by atoms with Crippen molar-refractivity contribution in [1.82, 2.24) is 29.6 Å². The lowest BCUT2D eigenvalue weighted by atomic mass is 10.0. The van der Waals surface area contributed by atoms with Gasteiger partial charge in [0.25, 0.3) is 0 Å². The smallest absolute Gasteiger partial charge is 0.239 e. The molecule has 1 aromatic heterocycles. The highest BCUT2D eigenvalue weighted by molar-refractivity contribution is 7.03. The van der Waals surface area contributed by atoms with Crippen molar-refractivity contribution in [1.29, 1.82) is 0 Å². The third-order valence-corrected chi connectivity index (χ3v) is 7.42. The van der Waals surface area contributed by atoms with Crippen LogP contribution in [0.5, 0.6) is 0 Å². The van der Waals surface area contributed by atoms with Gasteiger partial charge in [0.1, 0.15) is 6.04 Å². The van der Waals surface area contributed by atoms with Crippen LogP contribution in [-0.4, -0.2) is 101 Å². The zero-order chi connectivity index (χ0) is 21.1. The van der Waals surface area contributed by atoms with Crippen LogP contribution < -0.4 is 5.32 Å². The molecule has 4 atom stereocenters. The Morgan fingerprint density at radius 3 is 2.97 bits per heavy atom. The van der Waals surface area contributed by atoms with Crippen molar-refractivity contribution in [2.45, 2.75) is 62.8 Å². The van der Waals surface area contributed by atoms with Crippen molar-refractivity contribution >= 4 is 23.3 Å². The van der Waals surface area contributed by atoms with Gasteiger partial charge in [-0.2, -0.15) is 0 Å². The van der Waals surface area contributed by atoms with Gasteiger partial charge in [0.05, 0.1) is 18.3 Å². The van der Waals surface area contributed by atoms with Gasteiger partial charge in [0.2, 0.25) is 11.8 Å². The predicted octanol–water partition coefficient (Wildman–Crippen LogP) is 0.329. The Morgan fingerprint density at radius 2 is 2.20 bits per heavy atom. The molecule has 4 rings (SSSR count). The molecular formula is C20H32N6O3S. The Labute approximate surface area is 181 Å². The Hall–Kier alpha value is -1.62. The molecular weight excluding hydrogens is 404 g/mol. The van der Waals surface area contributed by atoms with E-state index >= 15 is 0 Å². The maximum atomic E-state index is 12.9. The number of carbonyl (C=O) groups is 2. The quantitative estimate of drug-likeness (QED) is 0.659. The van der Waals surface area contributed by atoms with Crippen molar-refractivity contribution in [3.8, 4) is 0 Å². The van der Waals surface area contributed by atoms with Crippen LogP contribution in [0.25, 0.3) is 0 Å². The van der Waals surface area contributed by atoms with Gasteiger partial charge in [-0.25, -0.2) is 0 Å². The number of aromatic nitrogens is 2. The molecule has 3 aliphatic heterocycles. The maximum absolute atomic E-state index is 12.9. The number of nitrogens with one attached hydrogen (secondary N) is 1. The Bertz CT molecular complexity index is 732. The van der Waals surface area contributed by atoms with Crippen LogP contribution in [0.2, 0.25) is 0 Å². The highest BCUT2D eigenvalue weighted by atomic mass is 32.1. The zero-order valence-corrected chi connectivity index (χ0v) is 18.6. The van der Waals surface area contributed by atoms with E-state index < -0.39 is 0 Å². The van der Waals surface area contributed by atoms with Gasteiger partial charge >= 0.3 is 0 Å². The first-order valence-electron chi connectivity index (χ1n) is 10.9. The molecule has 4 heterocycles. The molecule has 0 saturated carbocycles. The minimum atomic E-state index is -0.179. The molecule has 9 nitrogen and oxygen atoms in total. The van der Waals surface area contributed by atoms with Gasteiger partial charge < -0.3 is 15.0 Å². The number of hydrogen-bond acceptors (Lipinski definition) is 8. The summed E-state index contributed by atoms with van der Waals surface area (Å²) in [6.45, 7) is 3.54. The van der Waals surface area contributed by atoms with Crippen LogP contribution >= 0.6 is 11.5 Å². The number of rotatable bonds is 7. The highest BCUT2D eigenvalue weighted by Gasteiger charge is 2.45. The van der Waals surface area contributed by atoms with Crippen molar-refractivity contribution in [2.75, 3.05) is 40.4 Å². The van der Waals surface area contributed by atoms with Crippen LogP contribution in [0.3, 0.4) is 0 Å². The molecule has 1 N–H and O–H groups in total. The van der Waals surface area contributed by atoms with Crippen molar-refractivity contribution in [3.63, 3.8) is 0 Å². The molecule has 3 aliphatic rings. The molecule has 0 aliphatic carbocycles. The standard InChI is InChI=1S/C20H32N6O3S/c1-24-15(5-6-18(27)26-8-3-4-16(26)12-29-2)10-21-20(28)19-17(24)7-9-25(19)11-14-13-30-23-22-14/h13,15-17,19H,3-12H2,1-2H3,(H,21,28)/t15-,16+,17-,19-/m0/s1. The molecule has 0 bridgehead atoms. The highest BCUT2D eigenvalue weighted by Crippen LogP contribution is 2.29. The lowest BCUT2D eigenvalue weighted by molar-refractivity contribution is -0.133. The second-order valence-electron chi connectivity index (χ2n) is 8.61. The second kappa shape index (κ2) is 9.67. The Kier molecular flexibility index (Phi) is 6.97. The minimum Gasteiger partial charge on any atom is -0.383 e. The summed E-state index contributed by atoms with van der Waals surface area (Å²) in [4.78, 5) is 32.2. The summed E-state index contributed by atoms with van der Waals surface area (Å²) in [7, 11) is 3.79. The first-order chi connectivity index (χ1) is 14.6. The van der Waals surface area contributed by atoms with Gasteiger partial charge in [-0.3, -0.25) is 19.4 Å². The molecule has 3 saturated heterocycles. The van der Waals surface area contributed by atoms with Crippen LogP contribution in [0.4, 0.5) is 0 Å². The summed E-state index contributed by atoms with van der Waals surface area (Å²) >= 11 is 1.34. The summed E-state index contributed by atoms with van der Waals surface area (Å²) in [6, 6.07) is 0.355. The molecule has 166 valence electrons. The van der Waals surface area contributed by atoms with Gasteiger partial charge in [-0.15, -0.1) is 5.10 Å². The van der Waals surface area contributed by atoms with Crippen molar-refractivity contribution in [2.24, 2.45) is 0 Å². The molecule has 10 heteroatoms. The Balaban J connectivity index is 1.36. The van der Waals surface area contributed by atoms with E-state index in [1.807, 2.05) is 10.3 Å². The summed E-state index contributed by atoms with van der Waals surface area (Å²) in [5.41, 5.74) is 0.915. The minimum absolute atomic E-state index is 0.0843. The molecule has 0 unspecified atom stereocenters. The van der Waals surface area contributed by atoms with Crippen LogP contribution in [-0.2, 0) is 20.9 Å². The third-order valence-electron chi connectivity index (χ3n) is 6.87. The van der Waals surface area contributed by atoms with Crippen LogP contribution in [0, 0.1) is 0 Å². The average Bonchev–Trinajstić information content (AvgIpc) is 3.47. The molecule has 2 amide bonds. The first kappa shape index (κ1) is 21.6. The lowest BCUT2D eigenvalue weighted by Gasteiger charge is -2.33. The third kappa shape index (κ3) is 4.51. The fourth-order valence-corrected chi connectivity index (χ4v) is 5.69. The van der Waals surface area contributed by atoms with Crippen molar-refractivity contribution in [3.05, 3.63) is 11.1 Å². The summed E-state index contributed by atoms with van der Waals surface area (Å²) < 4.78 is 9.21. The van der Waals surface area contributed by atoms with Crippen LogP contribution in [0.15, 0.2) is 5.38 Å². The number of likely N-dealkylation sites (tertiary alicyclic amines) is 2. The summed E-state index contributed by atoms with van der Waals surface area (Å²) in [5, 5.41) is 9.20. The number of carbonyl (C=O) groups excluding carboxylic acids is 2. The van der Waals surface area contributed by atoms with E-state index in [0.29, 0.717) is 26.1 Å². The zero-order valence-electron chi connectivity index (χ0n) is 17.8. The number of amides is 2. The predicted molar refractivity (Wildman–Crippen MR) is 113 cm³/mol. The van der Waals surface area contributed by atoms with Crippen LogP contribution in [0.1, 0.15) is 37.8 Å². The summed E-state index contributed by atoms with van der Waals surface area (Å²) in [6.07, 6.45) is 4.28. The van der Waals surface area contributed by atoms with E-state index in [1.165, 1.54) is 11.5 Å². The fourth-order valence-electron chi connectivity index (χ4n) is 5.25. The van der Waals surface area contributed by atoms with E-state index in [0.717, 1.165) is 44.5 Å². The monoisotopic (exact) mass is 436 g/mol. The van der Waals surface area contributed by atoms with E-state index in [1.54, 1.807) is 7.11 Å². The van der Waals surface area contributed by atoms with E-state index in [9.17, 15) is 9.59 Å². The average molecular weight is 437 g/mol. The van der Waals surface area contributed by atoms with Gasteiger partial charge in [0.15, 0.2) is 0 Å². The van der Waals surface area contributed by atoms with E-state index in [4.69, 9.17) is 4.74 Å². The fraction of sp³-hybridized carbons (Fsp3) is 0.800. The van der Waals surface area contributed by atoms with Crippen molar-refractivity contribution < 1.29 is 14.3 Å². The van der Waals surface area contributed by atoms with Gasteiger partial charge in [-0.05, 0) is 44.3 Å². The van der Waals surface area contributed by atoms with E-state index in [-0.39, 0.29) is 36.0 Å². The molecule has 1 aromatic rings. The number of methoxy groups -OCH3 is 1. The Morgan fingerprint density at radius 1 is 1.33 bits per heavy atom. The number of ether oxygens (including phenoxy) is 1. The molecule has 0 spiro atoms. The first-order valence-corrected chi connectivity index (χ1v) is 11.7. The van der Waals surface area contributed by atoms with Gasteiger partial charge in [-0.1, -0.05) is 4.49 Å². The SMILES string of the molecule is COC[C@H]1CCCN1C(=O)CC[C@H]1CNC(=O)[C@@H]2[C@H](CCN2Cc2csnn2)N1C. The van der Waals surface area contributed by atoms with E-state index in [2.05, 4.69) is 31.8 Å². The number of nitrogens with zero attached hydrogens (tertiary/aromatic N) is 5. The van der Waals surface area contributed by atoms with Gasteiger partial charge in [0, 0.05) is 57.2 Å². The maximum Gasteiger partial charge on any atom is 0.239 e. The molecule has 3 fully saturated rings. The summed E-state index contributed by atoms with van der Waals surface area (Å²) in [5.74, 6) is 0.292. The molecule has 0 aromatic carbocycles.